The Morgan fingerprint density at radius 3 is 2.63 bits per heavy atom. The van der Waals surface area contributed by atoms with Crippen LogP contribution in [0.25, 0.3) is 11.4 Å². The fraction of sp³-hybridized carbons (Fsp3) is 0.231. The van der Waals surface area contributed by atoms with Crippen molar-refractivity contribution in [3.63, 3.8) is 0 Å². The van der Waals surface area contributed by atoms with E-state index < -0.39 is 0 Å². The van der Waals surface area contributed by atoms with Crippen molar-refractivity contribution in [1.29, 1.82) is 0 Å². The van der Waals surface area contributed by atoms with Crippen LogP contribution in [-0.4, -0.2) is 9.97 Å². The number of rotatable bonds is 2. The summed E-state index contributed by atoms with van der Waals surface area (Å²) in [6.45, 7) is 0. The number of nitrogens with zero attached hydrogens (tertiary/aromatic N) is 1. The number of benzene rings is 1. The van der Waals surface area contributed by atoms with E-state index in [-0.39, 0.29) is 5.56 Å². The highest BCUT2D eigenvalue weighted by molar-refractivity contribution is 14.1. The van der Waals surface area contributed by atoms with Gasteiger partial charge in [-0.1, -0.05) is 6.07 Å². The zero-order valence-corrected chi connectivity index (χ0v) is 15.0. The standard InChI is InChI=1S/C13H9Br2IN2O/c14-8-4-3-7(5-9(8)15)12-17-11(6-1-2-6)10(16)13(19)18-12/h3-6H,1-2H2,(H,17,18,19). The van der Waals surface area contributed by atoms with E-state index in [0.717, 1.165) is 36.6 Å². The first-order valence-corrected chi connectivity index (χ1v) is 8.48. The highest BCUT2D eigenvalue weighted by Crippen LogP contribution is 2.40. The first-order chi connectivity index (χ1) is 9.06. The van der Waals surface area contributed by atoms with Crippen molar-refractivity contribution in [2.45, 2.75) is 18.8 Å². The van der Waals surface area contributed by atoms with Gasteiger partial charge >= 0.3 is 0 Å². The molecule has 3 nitrogen and oxygen atoms in total. The van der Waals surface area contributed by atoms with E-state index in [1.807, 2.05) is 18.2 Å². The molecule has 1 heterocycles. The topological polar surface area (TPSA) is 45.8 Å². The molecule has 1 saturated carbocycles. The molecule has 0 radical (unpaired) electrons. The van der Waals surface area contributed by atoms with Crippen molar-refractivity contribution in [2.24, 2.45) is 0 Å². The molecule has 1 fully saturated rings. The Labute approximate surface area is 140 Å². The van der Waals surface area contributed by atoms with Crippen molar-refractivity contribution in [3.8, 4) is 11.4 Å². The monoisotopic (exact) mass is 494 g/mol. The van der Waals surface area contributed by atoms with Crippen molar-refractivity contribution in [2.75, 3.05) is 0 Å². The summed E-state index contributed by atoms with van der Waals surface area (Å²) in [5, 5.41) is 0. The lowest BCUT2D eigenvalue weighted by atomic mass is 10.2. The number of aromatic amines is 1. The minimum Gasteiger partial charge on any atom is -0.306 e. The Morgan fingerprint density at radius 2 is 2.00 bits per heavy atom. The van der Waals surface area contributed by atoms with Gasteiger partial charge in [0.15, 0.2) is 0 Å². The Bertz CT molecular complexity index is 710. The first-order valence-electron chi connectivity index (χ1n) is 5.81. The fourth-order valence-corrected chi connectivity index (χ4v) is 3.20. The largest absolute Gasteiger partial charge is 0.306 e. The molecule has 0 atom stereocenters. The maximum Gasteiger partial charge on any atom is 0.264 e. The van der Waals surface area contributed by atoms with Gasteiger partial charge in [0.1, 0.15) is 5.82 Å². The molecule has 19 heavy (non-hydrogen) atoms. The lowest BCUT2D eigenvalue weighted by molar-refractivity contribution is 0.958. The van der Waals surface area contributed by atoms with Crippen LogP contribution in [0.2, 0.25) is 0 Å². The molecule has 0 spiro atoms. The summed E-state index contributed by atoms with van der Waals surface area (Å²) in [7, 11) is 0. The van der Waals surface area contributed by atoms with Gasteiger partial charge < -0.3 is 4.98 Å². The van der Waals surface area contributed by atoms with Gasteiger partial charge in [0, 0.05) is 20.4 Å². The van der Waals surface area contributed by atoms with Crippen molar-refractivity contribution in [3.05, 3.63) is 46.8 Å². The molecule has 0 amide bonds. The van der Waals surface area contributed by atoms with Crippen LogP contribution in [0.15, 0.2) is 31.9 Å². The number of aromatic nitrogens is 2. The summed E-state index contributed by atoms with van der Waals surface area (Å²) in [5.41, 5.74) is 1.80. The third kappa shape index (κ3) is 2.80. The predicted octanol–water partition coefficient (Wildman–Crippen LogP) is 4.44. The van der Waals surface area contributed by atoms with Gasteiger partial charge in [-0.3, -0.25) is 4.79 Å². The average molecular weight is 496 g/mol. The molecule has 3 rings (SSSR count). The molecule has 0 saturated heterocycles. The predicted molar refractivity (Wildman–Crippen MR) is 90.4 cm³/mol. The summed E-state index contributed by atoms with van der Waals surface area (Å²) in [4.78, 5) is 19.5. The van der Waals surface area contributed by atoms with Crippen LogP contribution in [0.1, 0.15) is 24.5 Å². The van der Waals surface area contributed by atoms with Gasteiger partial charge in [-0.15, -0.1) is 0 Å². The summed E-state index contributed by atoms with van der Waals surface area (Å²) in [6.07, 6.45) is 2.27. The molecule has 6 heteroatoms. The molecule has 1 aromatic carbocycles. The fourth-order valence-electron chi connectivity index (χ4n) is 1.88. The smallest absolute Gasteiger partial charge is 0.264 e. The second-order valence-corrected chi connectivity index (χ2v) is 7.30. The molecular formula is C13H9Br2IN2O. The summed E-state index contributed by atoms with van der Waals surface area (Å²) < 4.78 is 2.64. The number of hydrogen-bond donors (Lipinski definition) is 1. The quantitative estimate of drug-likeness (QED) is 0.626. The van der Waals surface area contributed by atoms with E-state index >= 15 is 0 Å². The zero-order valence-electron chi connectivity index (χ0n) is 9.71. The second-order valence-electron chi connectivity index (χ2n) is 4.52. The molecule has 0 aliphatic heterocycles. The van der Waals surface area contributed by atoms with Crippen LogP contribution < -0.4 is 5.56 Å². The Morgan fingerprint density at radius 1 is 1.26 bits per heavy atom. The van der Waals surface area contributed by atoms with E-state index in [9.17, 15) is 4.79 Å². The number of H-pyrrole nitrogens is 1. The summed E-state index contributed by atoms with van der Waals surface area (Å²) >= 11 is 8.99. The van der Waals surface area contributed by atoms with Crippen LogP contribution in [0, 0.1) is 3.57 Å². The number of nitrogens with one attached hydrogen (secondary N) is 1. The third-order valence-electron chi connectivity index (χ3n) is 3.05. The summed E-state index contributed by atoms with van der Waals surface area (Å²) in [6, 6.07) is 5.83. The van der Waals surface area contributed by atoms with Crippen molar-refractivity contribution in [1.82, 2.24) is 9.97 Å². The van der Waals surface area contributed by atoms with Gasteiger partial charge in [0.05, 0.1) is 9.26 Å². The van der Waals surface area contributed by atoms with Crippen LogP contribution >= 0.6 is 54.5 Å². The lowest BCUT2D eigenvalue weighted by Crippen LogP contribution is -2.15. The zero-order chi connectivity index (χ0) is 13.6. The molecule has 1 N–H and O–H groups in total. The molecule has 1 aromatic heterocycles. The number of hydrogen-bond acceptors (Lipinski definition) is 2. The van der Waals surface area contributed by atoms with E-state index in [1.165, 1.54) is 0 Å². The summed E-state index contributed by atoms with van der Waals surface area (Å²) in [5.74, 6) is 1.10. The molecule has 0 unspecified atom stereocenters. The van der Waals surface area contributed by atoms with E-state index in [2.05, 4.69) is 64.4 Å². The maximum absolute atomic E-state index is 12.0. The molecule has 2 aromatic rings. The van der Waals surface area contributed by atoms with Gasteiger partial charge in [-0.25, -0.2) is 4.98 Å². The normalized spacial score (nSPS) is 14.7. The molecular weight excluding hydrogens is 487 g/mol. The Hall–Kier alpha value is -0.210. The number of halogens is 3. The highest BCUT2D eigenvalue weighted by atomic mass is 127. The van der Waals surface area contributed by atoms with E-state index in [1.54, 1.807) is 0 Å². The van der Waals surface area contributed by atoms with Gasteiger partial charge in [0.2, 0.25) is 0 Å². The van der Waals surface area contributed by atoms with Gasteiger partial charge in [-0.2, -0.15) is 0 Å². The van der Waals surface area contributed by atoms with E-state index in [0.29, 0.717) is 11.7 Å². The average Bonchev–Trinajstić information content (AvgIpc) is 3.20. The van der Waals surface area contributed by atoms with Crippen LogP contribution in [0.3, 0.4) is 0 Å². The Balaban J connectivity index is 2.14. The molecule has 98 valence electrons. The molecule has 0 bridgehead atoms. The van der Waals surface area contributed by atoms with E-state index in [4.69, 9.17) is 0 Å². The third-order valence-corrected chi connectivity index (χ3v) is 5.97. The van der Waals surface area contributed by atoms with Crippen LogP contribution in [0.4, 0.5) is 0 Å². The highest BCUT2D eigenvalue weighted by Gasteiger charge is 2.29. The molecule has 1 aliphatic carbocycles. The maximum atomic E-state index is 12.0. The first kappa shape index (κ1) is 13.8. The SMILES string of the molecule is O=c1[nH]c(-c2ccc(Br)c(Br)c2)nc(C2CC2)c1I. The Kier molecular flexibility index (Phi) is 3.83. The van der Waals surface area contributed by atoms with Crippen LogP contribution in [0.5, 0.6) is 0 Å². The minimum atomic E-state index is -0.0495. The van der Waals surface area contributed by atoms with Gasteiger partial charge in [0.25, 0.3) is 5.56 Å². The van der Waals surface area contributed by atoms with Crippen molar-refractivity contribution >= 4 is 54.5 Å². The molecule has 1 aliphatic rings. The van der Waals surface area contributed by atoms with Crippen molar-refractivity contribution < 1.29 is 0 Å². The van der Waals surface area contributed by atoms with Crippen LogP contribution in [-0.2, 0) is 0 Å². The van der Waals surface area contributed by atoms with Gasteiger partial charge in [-0.05, 0) is 79.4 Å². The minimum absolute atomic E-state index is 0.0495. The lowest BCUT2D eigenvalue weighted by Gasteiger charge is -2.07. The second kappa shape index (κ2) is 5.29.